The minimum atomic E-state index is -4.46. The number of carbonyl (C=O) groups excluding carboxylic acids is 1. The third-order valence-electron chi connectivity index (χ3n) is 4.53. The van der Waals surface area contributed by atoms with Crippen LogP contribution in [0.5, 0.6) is 0 Å². The lowest BCUT2D eigenvalue weighted by Crippen LogP contribution is -2.47. The van der Waals surface area contributed by atoms with Crippen LogP contribution in [0.3, 0.4) is 0 Å². The van der Waals surface area contributed by atoms with Gasteiger partial charge in [0.2, 0.25) is 0 Å². The van der Waals surface area contributed by atoms with Crippen LogP contribution in [0, 0.1) is 5.92 Å². The number of hydrogen-bond donors (Lipinski definition) is 2. The van der Waals surface area contributed by atoms with Crippen LogP contribution >= 0.6 is 0 Å². The van der Waals surface area contributed by atoms with E-state index in [-0.39, 0.29) is 30.8 Å². The second kappa shape index (κ2) is 10.9. The lowest BCUT2D eigenvalue weighted by molar-refractivity contribution is -0.149. The number of aliphatic imine (C=N–C) groups is 1. The van der Waals surface area contributed by atoms with Gasteiger partial charge >= 0.3 is 12.1 Å². The number of esters is 1. The summed E-state index contributed by atoms with van der Waals surface area (Å²) >= 11 is 0. The van der Waals surface area contributed by atoms with Crippen molar-refractivity contribution in [3.63, 3.8) is 0 Å². The van der Waals surface area contributed by atoms with Gasteiger partial charge in [0.15, 0.2) is 5.96 Å². The molecule has 10 heteroatoms. The quantitative estimate of drug-likeness (QED) is 0.309. The van der Waals surface area contributed by atoms with Crippen molar-refractivity contribution in [1.29, 1.82) is 0 Å². The Kier molecular flexibility index (Phi) is 8.53. The van der Waals surface area contributed by atoms with E-state index in [1.165, 1.54) is 12.3 Å². The zero-order valence-electron chi connectivity index (χ0n) is 16.8. The molecule has 0 bridgehead atoms. The van der Waals surface area contributed by atoms with Gasteiger partial charge in [0, 0.05) is 32.4 Å². The smallest absolute Gasteiger partial charge is 0.419 e. The predicted octanol–water partition coefficient (Wildman–Crippen LogP) is 2.75. The molecule has 29 heavy (non-hydrogen) atoms. The Bertz CT molecular complexity index is 689. The first-order valence-electron chi connectivity index (χ1n) is 9.82. The normalized spacial score (nSPS) is 15.9. The minimum absolute atomic E-state index is 0.0966. The number of carbonyl (C=O) groups is 1. The van der Waals surface area contributed by atoms with E-state index in [1.54, 1.807) is 6.92 Å². The number of halogens is 3. The summed E-state index contributed by atoms with van der Waals surface area (Å²) in [6.07, 6.45) is -1.77. The molecule has 2 heterocycles. The second-order valence-corrected chi connectivity index (χ2v) is 6.57. The summed E-state index contributed by atoms with van der Waals surface area (Å²) in [6, 6.07) is 2.26. The first kappa shape index (κ1) is 22.8. The number of guanidine groups is 1. The number of aromatic nitrogens is 1. The Morgan fingerprint density at radius 2 is 2.07 bits per heavy atom. The van der Waals surface area contributed by atoms with Gasteiger partial charge < -0.3 is 20.3 Å². The molecular weight excluding hydrogens is 387 g/mol. The number of piperidine rings is 1. The average molecular weight is 415 g/mol. The average Bonchev–Trinajstić information content (AvgIpc) is 2.70. The Morgan fingerprint density at radius 3 is 2.69 bits per heavy atom. The van der Waals surface area contributed by atoms with Gasteiger partial charge in [0.1, 0.15) is 5.82 Å². The molecule has 7 nitrogen and oxygen atoms in total. The zero-order chi connectivity index (χ0) is 21.3. The third-order valence-corrected chi connectivity index (χ3v) is 4.53. The number of likely N-dealkylation sites (tertiary alicyclic amines) is 1. The Hall–Kier alpha value is -2.52. The molecule has 0 aliphatic carbocycles. The van der Waals surface area contributed by atoms with Crippen LogP contribution < -0.4 is 10.6 Å². The third kappa shape index (κ3) is 6.79. The maximum Gasteiger partial charge on any atom is 0.419 e. The molecule has 1 aromatic heterocycles. The van der Waals surface area contributed by atoms with Crippen LogP contribution in [0.1, 0.15) is 32.3 Å². The van der Waals surface area contributed by atoms with Crippen molar-refractivity contribution in [1.82, 2.24) is 15.2 Å². The lowest BCUT2D eigenvalue weighted by Gasteiger charge is -2.33. The van der Waals surface area contributed by atoms with Crippen LogP contribution in [0.25, 0.3) is 0 Å². The molecule has 0 atom stereocenters. The van der Waals surface area contributed by atoms with Crippen molar-refractivity contribution in [3.05, 3.63) is 23.9 Å². The molecule has 0 saturated carbocycles. The van der Waals surface area contributed by atoms with Crippen molar-refractivity contribution < 1.29 is 22.7 Å². The lowest BCUT2D eigenvalue weighted by atomic mass is 9.97. The molecule has 0 aromatic carbocycles. The highest BCUT2D eigenvalue weighted by atomic mass is 19.4. The van der Waals surface area contributed by atoms with Crippen molar-refractivity contribution in [3.8, 4) is 0 Å². The van der Waals surface area contributed by atoms with E-state index in [1.807, 2.05) is 6.92 Å². The number of ether oxygens (including phenoxy) is 1. The topological polar surface area (TPSA) is 78.9 Å². The largest absolute Gasteiger partial charge is 0.466 e. The summed E-state index contributed by atoms with van der Waals surface area (Å²) in [5.41, 5.74) is -0.795. The molecule has 2 rings (SSSR count). The van der Waals surface area contributed by atoms with E-state index < -0.39 is 11.7 Å². The van der Waals surface area contributed by atoms with Gasteiger partial charge in [-0.25, -0.2) is 4.98 Å². The van der Waals surface area contributed by atoms with Gasteiger partial charge in [-0.1, -0.05) is 0 Å². The first-order valence-corrected chi connectivity index (χ1v) is 9.82. The fourth-order valence-corrected chi connectivity index (χ4v) is 3.12. The predicted molar refractivity (Wildman–Crippen MR) is 105 cm³/mol. The SMILES string of the molecule is CCNC(=NCCNc1ncccc1C(F)(F)F)N1CCC(C(=O)OCC)CC1. The van der Waals surface area contributed by atoms with Crippen molar-refractivity contribution in [2.45, 2.75) is 32.9 Å². The van der Waals surface area contributed by atoms with Gasteiger partial charge in [0.05, 0.1) is 24.6 Å². The maximum atomic E-state index is 13.0. The molecule has 162 valence electrons. The van der Waals surface area contributed by atoms with E-state index in [9.17, 15) is 18.0 Å². The number of hydrogen-bond acceptors (Lipinski definition) is 5. The summed E-state index contributed by atoms with van der Waals surface area (Å²) in [5.74, 6) is 0.235. The van der Waals surface area contributed by atoms with Gasteiger partial charge in [-0.2, -0.15) is 13.2 Å². The number of pyridine rings is 1. The van der Waals surface area contributed by atoms with E-state index in [0.29, 0.717) is 45.0 Å². The van der Waals surface area contributed by atoms with Crippen LogP contribution in [0.2, 0.25) is 0 Å². The fraction of sp³-hybridized carbons (Fsp3) is 0.632. The molecule has 0 amide bonds. The van der Waals surface area contributed by atoms with Crippen molar-refractivity contribution in [2.24, 2.45) is 10.9 Å². The van der Waals surface area contributed by atoms with Crippen molar-refractivity contribution in [2.75, 3.05) is 44.6 Å². The molecule has 0 unspecified atom stereocenters. The summed E-state index contributed by atoms with van der Waals surface area (Å²) in [7, 11) is 0. The molecule has 1 aliphatic rings. The molecular formula is C19H28F3N5O2. The number of rotatable bonds is 7. The summed E-state index contributed by atoms with van der Waals surface area (Å²) in [6.45, 7) is 6.62. The van der Waals surface area contributed by atoms with Gasteiger partial charge in [-0.15, -0.1) is 0 Å². The summed E-state index contributed by atoms with van der Waals surface area (Å²) < 4.78 is 44.1. The highest BCUT2D eigenvalue weighted by Gasteiger charge is 2.34. The molecule has 1 saturated heterocycles. The second-order valence-electron chi connectivity index (χ2n) is 6.57. The molecule has 1 fully saturated rings. The molecule has 0 spiro atoms. The van der Waals surface area contributed by atoms with E-state index in [2.05, 4.69) is 25.5 Å². The Labute approximate surface area is 168 Å². The van der Waals surface area contributed by atoms with Crippen molar-refractivity contribution >= 4 is 17.7 Å². The standard InChI is InChI=1S/C19H28F3N5O2/c1-3-23-18(27-12-7-14(8-13-27)17(28)29-4-2)26-11-10-25-16-15(19(20,21)22)6-5-9-24-16/h5-6,9,14H,3-4,7-8,10-13H2,1-2H3,(H,23,26)(H,24,25). The highest BCUT2D eigenvalue weighted by Crippen LogP contribution is 2.33. The zero-order valence-corrected chi connectivity index (χ0v) is 16.8. The maximum absolute atomic E-state index is 13.0. The number of nitrogens with one attached hydrogen (secondary N) is 2. The number of nitrogens with zero attached hydrogens (tertiary/aromatic N) is 3. The highest BCUT2D eigenvalue weighted by molar-refractivity contribution is 5.80. The van der Waals surface area contributed by atoms with Gasteiger partial charge in [0.25, 0.3) is 0 Å². The van der Waals surface area contributed by atoms with Crippen LogP contribution in [0.4, 0.5) is 19.0 Å². The fourth-order valence-electron chi connectivity index (χ4n) is 3.12. The Morgan fingerprint density at radius 1 is 1.34 bits per heavy atom. The van der Waals surface area contributed by atoms with Crippen LogP contribution in [-0.4, -0.2) is 61.1 Å². The van der Waals surface area contributed by atoms with E-state index >= 15 is 0 Å². The van der Waals surface area contributed by atoms with Gasteiger partial charge in [-0.3, -0.25) is 9.79 Å². The minimum Gasteiger partial charge on any atom is -0.466 e. The van der Waals surface area contributed by atoms with E-state index in [4.69, 9.17) is 4.74 Å². The molecule has 1 aliphatic heterocycles. The molecule has 0 radical (unpaired) electrons. The van der Waals surface area contributed by atoms with Gasteiger partial charge in [-0.05, 0) is 38.8 Å². The van der Waals surface area contributed by atoms with E-state index in [0.717, 1.165) is 6.07 Å². The monoisotopic (exact) mass is 415 g/mol. The van der Waals surface area contributed by atoms with Crippen LogP contribution in [0.15, 0.2) is 23.3 Å². The Balaban J connectivity index is 1.90. The summed E-state index contributed by atoms with van der Waals surface area (Å²) in [5, 5.41) is 5.90. The van der Waals surface area contributed by atoms with Crippen LogP contribution in [-0.2, 0) is 15.7 Å². The molecule has 1 aromatic rings. The number of anilines is 1. The molecule has 2 N–H and O–H groups in total. The first-order chi connectivity index (χ1) is 13.9. The summed E-state index contributed by atoms with van der Waals surface area (Å²) in [4.78, 5) is 22.2. The number of alkyl halides is 3.